The molecule has 1 aromatic carbocycles. The highest BCUT2D eigenvalue weighted by atomic mass is 35.5. The fourth-order valence-electron chi connectivity index (χ4n) is 1.71. The maximum atomic E-state index is 6.28. The van der Waals surface area contributed by atoms with Crippen molar-refractivity contribution in [2.24, 2.45) is 5.73 Å². The van der Waals surface area contributed by atoms with Gasteiger partial charge < -0.3 is 15.2 Å². The predicted octanol–water partition coefficient (Wildman–Crippen LogP) is 2.56. The molecule has 0 aliphatic rings. The molecule has 0 bridgehead atoms. The lowest BCUT2D eigenvalue weighted by Gasteiger charge is -2.17. The summed E-state index contributed by atoms with van der Waals surface area (Å²) in [4.78, 5) is 0. The molecule has 0 amide bonds. The van der Waals surface area contributed by atoms with E-state index in [1.807, 2.05) is 19.9 Å². The molecule has 0 heterocycles. The maximum Gasteiger partial charge on any atom is 0.140 e. The van der Waals surface area contributed by atoms with Crippen LogP contribution in [-0.2, 0) is 6.42 Å². The third kappa shape index (κ3) is 2.60. The van der Waals surface area contributed by atoms with Crippen molar-refractivity contribution in [3.05, 3.63) is 22.2 Å². The van der Waals surface area contributed by atoms with E-state index in [4.69, 9.17) is 26.8 Å². The van der Waals surface area contributed by atoms with E-state index in [-0.39, 0.29) is 6.04 Å². The van der Waals surface area contributed by atoms with Crippen LogP contribution in [0.3, 0.4) is 0 Å². The second kappa shape index (κ2) is 5.41. The number of hydrogen-bond donors (Lipinski definition) is 1. The number of aryl methyl sites for hydroxylation is 1. The minimum atomic E-state index is 0.0267. The van der Waals surface area contributed by atoms with Gasteiger partial charge in [0.25, 0.3) is 0 Å². The zero-order chi connectivity index (χ0) is 12.3. The van der Waals surface area contributed by atoms with Crippen molar-refractivity contribution in [3.63, 3.8) is 0 Å². The normalized spacial score (nSPS) is 12.4. The van der Waals surface area contributed by atoms with Gasteiger partial charge in [-0.05, 0) is 31.9 Å². The number of methoxy groups -OCH3 is 2. The monoisotopic (exact) mass is 243 g/mol. The van der Waals surface area contributed by atoms with E-state index in [1.54, 1.807) is 14.2 Å². The zero-order valence-electron chi connectivity index (χ0n) is 10.1. The number of ether oxygens (including phenoxy) is 2. The molecule has 0 aliphatic heterocycles. The Bertz CT molecular complexity index is 378. The minimum Gasteiger partial charge on any atom is -0.496 e. The van der Waals surface area contributed by atoms with Gasteiger partial charge in [0.2, 0.25) is 0 Å². The van der Waals surface area contributed by atoms with Crippen LogP contribution in [0.1, 0.15) is 18.1 Å². The molecular weight excluding hydrogens is 226 g/mol. The summed E-state index contributed by atoms with van der Waals surface area (Å²) in [6.07, 6.45) is 0.665. The summed E-state index contributed by atoms with van der Waals surface area (Å²) in [6, 6.07) is 1.95. The predicted molar refractivity (Wildman–Crippen MR) is 66.6 cm³/mol. The van der Waals surface area contributed by atoms with Gasteiger partial charge in [-0.15, -0.1) is 0 Å². The summed E-state index contributed by atoms with van der Waals surface area (Å²) in [6.45, 7) is 3.87. The lowest BCUT2D eigenvalue weighted by Crippen LogP contribution is -2.18. The SMILES string of the molecule is COc1cc(C)c(OC)c(Cl)c1CC(C)N. The van der Waals surface area contributed by atoms with Gasteiger partial charge in [0.1, 0.15) is 11.5 Å². The van der Waals surface area contributed by atoms with Crippen LogP contribution in [0.5, 0.6) is 11.5 Å². The van der Waals surface area contributed by atoms with Crippen LogP contribution in [0.25, 0.3) is 0 Å². The van der Waals surface area contributed by atoms with Gasteiger partial charge in [-0.2, -0.15) is 0 Å². The highest BCUT2D eigenvalue weighted by Gasteiger charge is 2.16. The summed E-state index contributed by atoms with van der Waals surface area (Å²) in [5, 5.41) is 0.594. The van der Waals surface area contributed by atoms with E-state index in [0.29, 0.717) is 17.2 Å². The number of hydrogen-bond acceptors (Lipinski definition) is 3. The van der Waals surface area contributed by atoms with Gasteiger partial charge in [0, 0.05) is 11.6 Å². The Morgan fingerprint density at radius 1 is 1.38 bits per heavy atom. The lowest BCUT2D eigenvalue weighted by atomic mass is 10.0. The van der Waals surface area contributed by atoms with Crippen LogP contribution in [0, 0.1) is 6.92 Å². The molecule has 0 aliphatic carbocycles. The molecule has 4 heteroatoms. The molecule has 0 radical (unpaired) electrons. The van der Waals surface area contributed by atoms with Crippen molar-refractivity contribution in [1.82, 2.24) is 0 Å². The molecule has 1 atom stereocenters. The molecule has 0 spiro atoms. The Balaban J connectivity index is 3.31. The Labute approximate surface area is 101 Å². The van der Waals surface area contributed by atoms with Gasteiger partial charge in [-0.25, -0.2) is 0 Å². The molecular formula is C12H18ClNO2. The fraction of sp³-hybridized carbons (Fsp3) is 0.500. The molecule has 3 nitrogen and oxygen atoms in total. The Morgan fingerprint density at radius 3 is 2.44 bits per heavy atom. The first-order valence-electron chi connectivity index (χ1n) is 5.16. The summed E-state index contributed by atoms with van der Waals surface area (Å²) in [5.74, 6) is 1.46. The molecule has 2 N–H and O–H groups in total. The second-order valence-corrected chi connectivity index (χ2v) is 4.28. The Morgan fingerprint density at radius 2 is 2.00 bits per heavy atom. The van der Waals surface area contributed by atoms with Gasteiger partial charge in [0.15, 0.2) is 0 Å². The van der Waals surface area contributed by atoms with E-state index in [1.165, 1.54) is 0 Å². The summed E-state index contributed by atoms with van der Waals surface area (Å²) < 4.78 is 10.6. The third-order valence-electron chi connectivity index (χ3n) is 2.42. The first-order chi connectivity index (χ1) is 7.51. The van der Waals surface area contributed by atoms with E-state index < -0.39 is 0 Å². The van der Waals surface area contributed by atoms with Crippen molar-refractivity contribution in [2.45, 2.75) is 26.3 Å². The maximum absolute atomic E-state index is 6.28. The first-order valence-corrected chi connectivity index (χ1v) is 5.54. The molecule has 1 aromatic rings. The van der Waals surface area contributed by atoms with Crippen LogP contribution in [-0.4, -0.2) is 20.3 Å². The first kappa shape index (κ1) is 13.1. The standard InChI is InChI=1S/C12H18ClNO2/c1-7-5-10(15-3)9(6-8(2)14)11(13)12(7)16-4/h5,8H,6,14H2,1-4H3. The van der Waals surface area contributed by atoms with Crippen LogP contribution in [0.4, 0.5) is 0 Å². The molecule has 0 fully saturated rings. The van der Waals surface area contributed by atoms with Gasteiger partial charge in [-0.3, -0.25) is 0 Å². The fourth-order valence-corrected chi connectivity index (χ4v) is 2.11. The van der Waals surface area contributed by atoms with Gasteiger partial charge in [-0.1, -0.05) is 11.6 Å². The van der Waals surface area contributed by atoms with E-state index in [9.17, 15) is 0 Å². The van der Waals surface area contributed by atoms with Crippen molar-refractivity contribution >= 4 is 11.6 Å². The topological polar surface area (TPSA) is 44.5 Å². The Kier molecular flexibility index (Phi) is 4.44. The van der Waals surface area contributed by atoms with Crippen molar-refractivity contribution < 1.29 is 9.47 Å². The zero-order valence-corrected chi connectivity index (χ0v) is 10.9. The summed E-state index contributed by atoms with van der Waals surface area (Å²) in [5.41, 5.74) is 7.65. The second-order valence-electron chi connectivity index (χ2n) is 3.90. The van der Waals surface area contributed by atoms with Crippen LogP contribution < -0.4 is 15.2 Å². The van der Waals surface area contributed by atoms with Gasteiger partial charge >= 0.3 is 0 Å². The number of halogens is 1. The minimum absolute atomic E-state index is 0.0267. The van der Waals surface area contributed by atoms with E-state index in [0.717, 1.165) is 16.9 Å². The molecule has 0 saturated heterocycles. The van der Waals surface area contributed by atoms with Crippen molar-refractivity contribution in [3.8, 4) is 11.5 Å². The van der Waals surface area contributed by atoms with Crippen LogP contribution >= 0.6 is 11.6 Å². The van der Waals surface area contributed by atoms with E-state index >= 15 is 0 Å². The quantitative estimate of drug-likeness (QED) is 0.884. The largest absolute Gasteiger partial charge is 0.496 e. The number of rotatable bonds is 4. The average Bonchev–Trinajstić information content (AvgIpc) is 2.22. The van der Waals surface area contributed by atoms with Crippen LogP contribution in [0.15, 0.2) is 6.07 Å². The summed E-state index contributed by atoms with van der Waals surface area (Å²) in [7, 11) is 3.23. The number of benzene rings is 1. The third-order valence-corrected chi connectivity index (χ3v) is 2.82. The smallest absolute Gasteiger partial charge is 0.140 e. The molecule has 0 saturated carbocycles. The average molecular weight is 244 g/mol. The Hall–Kier alpha value is -0.930. The van der Waals surface area contributed by atoms with Crippen molar-refractivity contribution in [2.75, 3.05) is 14.2 Å². The molecule has 1 rings (SSSR count). The van der Waals surface area contributed by atoms with E-state index in [2.05, 4.69) is 0 Å². The highest BCUT2D eigenvalue weighted by molar-refractivity contribution is 6.33. The summed E-state index contributed by atoms with van der Waals surface area (Å²) >= 11 is 6.28. The molecule has 0 aromatic heterocycles. The number of nitrogens with two attached hydrogens (primary N) is 1. The van der Waals surface area contributed by atoms with Gasteiger partial charge in [0.05, 0.1) is 19.2 Å². The van der Waals surface area contributed by atoms with Crippen LogP contribution in [0.2, 0.25) is 5.02 Å². The van der Waals surface area contributed by atoms with Crippen molar-refractivity contribution in [1.29, 1.82) is 0 Å². The molecule has 1 unspecified atom stereocenters. The highest BCUT2D eigenvalue weighted by Crippen LogP contribution is 2.38. The molecule has 16 heavy (non-hydrogen) atoms. The molecule has 90 valence electrons. The lowest BCUT2D eigenvalue weighted by molar-refractivity contribution is 0.395.